The Morgan fingerprint density at radius 2 is 1.79 bits per heavy atom. The van der Waals surface area contributed by atoms with Gasteiger partial charge < -0.3 is 24.5 Å². The van der Waals surface area contributed by atoms with Gasteiger partial charge in [0.05, 0.1) is 0 Å². The first-order valence-corrected chi connectivity index (χ1v) is 9.21. The number of carboxylic acids is 1. The zero-order chi connectivity index (χ0) is 20.1. The molecule has 1 aromatic heterocycles. The lowest BCUT2D eigenvalue weighted by molar-refractivity contribution is -0.0988. The summed E-state index contributed by atoms with van der Waals surface area (Å²) < 4.78 is 12.3. The van der Waals surface area contributed by atoms with Gasteiger partial charge in [-0.2, -0.15) is 0 Å². The summed E-state index contributed by atoms with van der Waals surface area (Å²) in [5.41, 5.74) is 4.23. The fourth-order valence-electron chi connectivity index (χ4n) is 3.50. The highest BCUT2D eigenvalue weighted by atomic mass is 16.7. The van der Waals surface area contributed by atoms with Crippen molar-refractivity contribution >= 4 is 16.9 Å². The average molecular weight is 382 g/mol. The molecule has 0 unspecified atom stereocenters. The minimum Gasteiger partial charge on any atom is -0.477 e. The van der Waals surface area contributed by atoms with Crippen LogP contribution in [-0.4, -0.2) is 42.7 Å². The molecule has 2 aromatic carbocycles. The van der Waals surface area contributed by atoms with Gasteiger partial charge in [-0.05, 0) is 24.1 Å². The van der Waals surface area contributed by atoms with Crippen molar-refractivity contribution in [2.24, 2.45) is 0 Å². The molecule has 0 amide bonds. The van der Waals surface area contributed by atoms with E-state index in [0.717, 1.165) is 27.6 Å². The van der Waals surface area contributed by atoms with Crippen LogP contribution >= 0.6 is 0 Å². The van der Waals surface area contributed by atoms with Crippen LogP contribution in [0.2, 0.25) is 0 Å². The summed E-state index contributed by atoms with van der Waals surface area (Å²) in [6.07, 6.45) is -0.381. The molecule has 0 aliphatic carbocycles. The summed E-state index contributed by atoms with van der Waals surface area (Å²) in [5.74, 6) is -0.934. The number of benzene rings is 2. The largest absolute Gasteiger partial charge is 0.477 e. The Kier molecular flexibility index (Phi) is 6.46. The number of carboxylic acid groups (broad SMARTS) is 1. The molecule has 0 saturated carbocycles. The number of fused-ring (bicyclic) bond motifs is 1. The van der Waals surface area contributed by atoms with E-state index < -0.39 is 5.97 Å². The molecule has 3 rings (SSSR count). The molecule has 148 valence electrons. The summed E-state index contributed by atoms with van der Waals surface area (Å²) in [6, 6.07) is 15.9. The van der Waals surface area contributed by atoms with Gasteiger partial charge in [-0.3, -0.25) is 0 Å². The second kappa shape index (κ2) is 9.01. The number of methoxy groups -OCH3 is 2. The van der Waals surface area contributed by atoms with Crippen molar-refractivity contribution in [1.29, 1.82) is 0 Å². The minimum atomic E-state index is -0.934. The van der Waals surface area contributed by atoms with Crippen molar-refractivity contribution in [1.82, 2.24) is 9.88 Å². The van der Waals surface area contributed by atoms with Crippen LogP contribution in [0.25, 0.3) is 10.9 Å². The first-order chi connectivity index (χ1) is 13.6. The van der Waals surface area contributed by atoms with E-state index in [9.17, 15) is 9.90 Å². The fourth-order valence-corrected chi connectivity index (χ4v) is 3.50. The highest BCUT2D eigenvalue weighted by Gasteiger charge is 2.22. The van der Waals surface area contributed by atoms with E-state index in [1.807, 2.05) is 60.0 Å². The monoisotopic (exact) mass is 382 g/mol. The molecule has 0 aliphatic heterocycles. The van der Waals surface area contributed by atoms with Crippen molar-refractivity contribution in [2.45, 2.75) is 26.3 Å². The standard InChI is InChI=1S/C22H26N2O4/c1-15-8-4-5-9-16(15)14-24-19-11-7-6-10-17(19)18(21(24)22(25)26)12-23-13-20(27-2)28-3/h4-11,20,23H,12-14H2,1-3H3,(H,25,26). The van der Waals surface area contributed by atoms with Crippen LogP contribution in [0.15, 0.2) is 48.5 Å². The topological polar surface area (TPSA) is 72.7 Å². The van der Waals surface area contributed by atoms with Gasteiger partial charge in [-0.15, -0.1) is 0 Å². The van der Waals surface area contributed by atoms with Gasteiger partial charge in [0, 0.05) is 50.3 Å². The molecule has 0 saturated heterocycles. The molecule has 0 fully saturated rings. The molecule has 0 bridgehead atoms. The number of ether oxygens (including phenoxy) is 2. The van der Waals surface area contributed by atoms with Crippen molar-refractivity contribution in [2.75, 3.05) is 20.8 Å². The van der Waals surface area contributed by atoms with Crippen LogP contribution in [0.5, 0.6) is 0 Å². The van der Waals surface area contributed by atoms with E-state index in [1.165, 1.54) is 0 Å². The first-order valence-electron chi connectivity index (χ1n) is 9.21. The Morgan fingerprint density at radius 1 is 1.11 bits per heavy atom. The second-order valence-electron chi connectivity index (χ2n) is 6.69. The number of para-hydroxylation sites is 1. The molecular formula is C22H26N2O4. The van der Waals surface area contributed by atoms with E-state index in [-0.39, 0.29) is 6.29 Å². The molecule has 0 aliphatic rings. The average Bonchev–Trinajstić information content (AvgIpc) is 3.01. The van der Waals surface area contributed by atoms with Crippen molar-refractivity contribution in [3.63, 3.8) is 0 Å². The Labute approximate surface area is 164 Å². The van der Waals surface area contributed by atoms with Crippen LogP contribution < -0.4 is 5.32 Å². The van der Waals surface area contributed by atoms with E-state index >= 15 is 0 Å². The quantitative estimate of drug-likeness (QED) is 0.555. The van der Waals surface area contributed by atoms with Gasteiger partial charge >= 0.3 is 5.97 Å². The maximum Gasteiger partial charge on any atom is 0.352 e. The fraction of sp³-hybridized carbons (Fsp3) is 0.318. The Bertz CT molecular complexity index is 960. The van der Waals surface area contributed by atoms with Gasteiger partial charge in [-0.1, -0.05) is 42.5 Å². The van der Waals surface area contributed by atoms with E-state index in [2.05, 4.69) is 5.32 Å². The van der Waals surface area contributed by atoms with Crippen LogP contribution in [0.1, 0.15) is 27.2 Å². The molecule has 0 radical (unpaired) electrons. The van der Waals surface area contributed by atoms with Crippen LogP contribution in [-0.2, 0) is 22.6 Å². The number of aryl methyl sites for hydroxylation is 1. The molecular weight excluding hydrogens is 356 g/mol. The highest BCUT2D eigenvalue weighted by Crippen LogP contribution is 2.28. The summed E-state index contributed by atoms with van der Waals surface area (Å²) in [5, 5.41) is 14.2. The van der Waals surface area contributed by atoms with Crippen molar-refractivity contribution < 1.29 is 19.4 Å². The number of rotatable bonds is 9. The maximum absolute atomic E-state index is 12.2. The number of carbonyl (C=O) groups is 1. The lowest BCUT2D eigenvalue weighted by Crippen LogP contribution is -2.29. The summed E-state index contributed by atoms with van der Waals surface area (Å²) in [7, 11) is 3.15. The van der Waals surface area contributed by atoms with Crippen molar-refractivity contribution in [3.05, 3.63) is 70.9 Å². The van der Waals surface area contributed by atoms with E-state index in [0.29, 0.717) is 25.3 Å². The number of nitrogens with one attached hydrogen (secondary N) is 1. The zero-order valence-corrected chi connectivity index (χ0v) is 16.4. The third-order valence-electron chi connectivity index (χ3n) is 5.01. The molecule has 2 N–H and O–H groups in total. The van der Waals surface area contributed by atoms with Gasteiger partial charge in [0.15, 0.2) is 6.29 Å². The number of aromatic nitrogens is 1. The third kappa shape index (κ3) is 4.09. The molecule has 1 heterocycles. The lowest BCUT2D eigenvalue weighted by atomic mass is 10.1. The zero-order valence-electron chi connectivity index (χ0n) is 16.4. The number of hydrogen-bond donors (Lipinski definition) is 2. The lowest BCUT2D eigenvalue weighted by Gasteiger charge is -2.14. The number of nitrogens with zero attached hydrogens (tertiary/aromatic N) is 1. The first kappa shape index (κ1) is 20.1. The molecule has 3 aromatic rings. The molecule has 6 heteroatoms. The highest BCUT2D eigenvalue weighted by molar-refractivity contribution is 5.98. The predicted octanol–water partition coefficient (Wildman–Crippen LogP) is 3.40. The van der Waals surface area contributed by atoms with Gasteiger partial charge in [0.2, 0.25) is 0 Å². The van der Waals surface area contributed by atoms with Crippen LogP contribution in [0.4, 0.5) is 0 Å². The van der Waals surface area contributed by atoms with Crippen molar-refractivity contribution in [3.8, 4) is 0 Å². The maximum atomic E-state index is 12.2. The SMILES string of the molecule is COC(CNCc1c(C(=O)O)n(Cc2ccccc2C)c2ccccc12)OC. The molecule has 0 atom stereocenters. The van der Waals surface area contributed by atoms with Gasteiger partial charge in [0.25, 0.3) is 0 Å². The second-order valence-corrected chi connectivity index (χ2v) is 6.69. The minimum absolute atomic E-state index is 0.309. The molecule has 6 nitrogen and oxygen atoms in total. The third-order valence-corrected chi connectivity index (χ3v) is 5.01. The van der Waals surface area contributed by atoms with Crippen LogP contribution in [0.3, 0.4) is 0 Å². The Hall–Kier alpha value is -2.67. The summed E-state index contributed by atoms with van der Waals surface area (Å²) >= 11 is 0. The van der Waals surface area contributed by atoms with Gasteiger partial charge in [0.1, 0.15) is 5.69 Å². The summed E-state index contributed by atoms with van der Waals surface area (Å²) in [4.78, 5) is 12.2. The Morgan fingerprint density at radius 3 is 2.46 bits per heavy atom. The molecule has 0 spiro atoms. The van der Waals surface area contributed by atoms with Gasteiger partial charge in [-0.25, -0.2) is 4.79 Å². The predicted molar refractivity (Wildman–Crippen MR) is 109 cm³/mol. The van der Waals surface area contributed by atoms with E-state index in [4.69, 9.17) is 9.47 Å². The normalized spacial score (nSPS) is 11.4. The number of hydrogen-bond acceptors (Lipinski definition) is 4. The number of aromatic carboxylic acids is 1. The smallest absolute Gasteiger partial charge is 0.352 e. The van der Waals surface area contributed by atoms with Crippen LogP contribution in [0, 0.1) is 6.92 Å². The van der Waals surface area contributed by atoms with E-state index in [1.54, 1.807) is 14.2 Å². The summed E-state index contributed by atoms with van der Waals surface area (Å²) in [6.45, 7) is 3.42. The molecule has 28 heavy (non-hydrogen) atoms. The Balaban J connectivity index is 2.02.